The summed E-state index contributed by atoms with van der Waals surface area (Å²) in [4.78, 5) is 31.2. The fraction of sp³-hybridized carbons (Fsp3) is 0.542. The number of alkyl halides is 3. The molecule has 3 aromatic rings. The van der Waals surface area contributed by atoms with Gasteiger partial charge in [-0.15, -0.1) is 0 Å². The number of aromatic nitrogens is 6. The minimum absolute atomic E-state index is 0.0117. The Morgan fingerprint density at radius 1 is 1.31 bits per heavy atom. The first-order valence-electron chi connectivity index (χ1n) is 12.4. The second kappa shape index (κ2) is 10.2. The maximum Gasteiger partial charge on any atom is 0.408 e. The summed E-state index contributed by atoms with van der Waals surface area (Å²) in [5.74, 6) is -0.722. The van der Waals surface area contributed by atoms with E-state index in [0.29, 0.717) is 50.2 Å². The van der Waals surface area contributed by atoms with Crippen LogP contribution in [0.3, 0.4) is 0 Å². The van der Waals surface area contributed by atoms with Crippen LogP contribution in [0.25, 0.3) is 11.0 Å². The van der Waals surface area contributed by atoms with Crippen molar-refractivity contribution in [3.8, 4) is 17.8 Å². The maximum absolute atomic E-state index is 13.0. The quantitative estimate of drug-likeness (QED) is 0.432. The van der Waals surface area contributed by atoms with Crippen LogP contribution in [0.5, 0.6) is 11.8 Å². The van der Waals surface area contributed by atoms with Crippen molar-refractivity contribution in [2.24, 2.45) is 5.41 Å². The number of pyridine rings is 1. The first-order chi connectivity index (χ1) is 18.6. The van der Waals surface area contributed by atoms with E-state index < -0.39 is 29.4 Å². The number of H-pyrrole nitrogens is 1. The molecule has 206 valence electrons. The van der Waals surface area contributed by atoms with Gasteiger partial charge in [0.25, 0.3) is 5.91 Å². The number of ether oxygens (including phenoxy) is 2. The average Bonchev–Trinajstić information content (AvgIpc) is 3.60. The van der Waals surface area contributed by atoms with Gasteiger partial charge in [0.2, 0.25) is 11.8 Å². The van der Waals surface area contributed by atoms with E-state index in [2.05, 4.69) is 36.2 Å². The third-order valence-corrected chi connectivity index (χ3v) is 7.06. The third kappa shape index (κ3) is 5.50. The molecule has 4 heterocycles. The molecule has 0 spiro atoms. The molecule has 1 saturated heterocycles. The van der Waals surface area contributed by atoms with E-state index in [4.69, 9.17) is 9.47 Å². The van der Waals surface area contributed by atoms with E-state index in [1.165, 1.54) is 0 Å². The van der Waals surface area contributed by atoms with Crippen LogP contribution in [-0.2, 0) is 0 Å². The summed E-state index contributed by atoms with van der Waals surface area (Å²) >= 11 is 0. The highest BCUT2D eigenvalue weighted by molar-refractivity contribution is 5.91. The predicted molar refractivity (Wildman–Crippen MR) is 130 cm³/mol. The number of aromatic amines is 1. The molecular formula is C24H26F3N9O3. The molecular weight excluding hydrogens is 519 g/mol. The number of carbonyl (C=O) groups excluding carboxylic acids is 1. The van der Waals surface area contributed by atoms with Gasteiger partial charge in [-0.25, -0.2) is 4.98 Å². The zero-order chi connectivity index (χ0) is 27.8. The average molecular weight is 546 g/mol. The molecule has 2 fully saturated rings. The number of piperidine rings is 1. The van der Waals surface area contributed by atoms with Crippen molar-refractivity contribution in [2.75, 3.05) is 31.7 Å². The number of halogens is 3. The van der Waals surface area contributed by atoms with Gasteiger partial charge in [-0.3, -0.25) is 9.89 Å². The van der Waals surface area contributed by atoms with Crippen LogP contribution >= 0.6 is 0 Å². The molecule has 0 radical (unpaired) electrons. The van der Waals surface area contributed by atoms with Crippen molar-refractivity contribution >= 4 is 22.9 Å². The van der Waals surface area contributed by atoms with Gasteiger partial charge in [-0.2, -0.15) is 38.5 Å². The van der Waals surface area contributed by atoms with Crippen LogP contribution in [-0.4, -0.2) is 75.1 Å². The van der Waals surface area contributed by atoms with Gasteiger partial charge < -0.3 is 19.7 Å². The number of nitrogens with one attached hydrogen (secondary N) is 2. The number of nitriles is 1. The SMILES string of the molecule is COc1ccnc2n[nH]c(C3CCN(c4nc(OCC5(C#N)CC5)nc(C(=O)N[C@@H](C)C(F)(F)F)n4)CC3)c12. The van der Waals surface area contributed by atoms with Gasteiger partial charge >= 0.3 is 12.2 Å². The van der Waals surface area contributed by atoms with Crippen molar-refractivity contribution in [1.29, 1.82) is 5.26 Å². The van der Waals surface area contributed by atoms with Crippen molar-refractivity contribution in [1.82, 2.24) is 35.5 Å². The number of anilines is 1. The van der Waals surface area contributed by atoms with Crippen LogP contribution in [0.15, 0.2) is 12.3 Å². The number of hydrogen-bond acceptors (Lipinski definition) is 10. The van der Waals surface area contributed by atoms with Crippen molar-refractivity contribution in [3.63, 3.8) is 0 Å². The smallest absolute Gasteiger partial charge is 0.408 e. The van der Waals surface area contributed by atoms with Gasteiger partial charge in [-0.1, -0.05) is 0 Å². The molecule has 5 rings (SSSR count). The Hall–Kier alpha value is -4.22. The van der Waals surface area contributed by atoms with Crippen molar-refractivity contribution < 1.29 is 27.4 Å². The number of hydrogen-bond donors (Lipinski definition) is 2. The van der Waals surface area contributed by atoms with Crippen LogP contribution in [0.4, 0.5) is 19.1 Å². The topological polar surface area (TPSA) is 155 Å². The summed E-state index contributed by atoms with van der Waals surface area (Å²) in [7, 11) is 1.58. The Labute approximate surface area is 220 Å². The Morgan fingerprint density at radius 2 is 2.05 bits per heavy atom. The van der Waals surface area contributed by atoms with Crippen LogP contribution in [0.2, 0.25) is 0 Å². The number of carbonyl (C=O) groups is 1. The Morgan fingerprint density at radius 3 is 2.69 bits per heavy atom. The molecule has 3 aromatic heterocycles. The summed E-state index contributed by atoms with van der Waals surface area (Å²) in [5, 5.41) is 19.4. The molecule has 1 aliphatic carbocycles. The standard InChI is InChI=1S/C24H26F3N9O3/c1-13(24(25,26)27)30-20(37)19-31-21(33-22(32-19)39-12-23(11-28)6-7-23)36-9-4-14(5-10-36)17-16-15(38-2)3-8-29-18(16)35-34-17/h3,8,13-14H,4-7,9-10,12H2,1-2H3,(H,30,37)(H,29,34,35)/t13-/m0/s1. The minimum Gasteiger partial charge on any atom is -0.496 e. The van der Waals surface area contributed by atoms with Gasteiger partial charge in [0, 0.05) is 25.2 Å². The monoisotopic (exact) mass is 545 g/mol. The number of rotatable bonds is 8. The van der Waals surface area contributed by atoms with Gasteiger partial charge in [0.1, 0.15) is 18.4 Å². The summed E-state index contributed by atoms with van der Waals surface area (Å²) < 4.78 is 50.2. The van der Waals surface area contributed by atoms with E-state index in [1.54, 1.807) is 19.4 Å². The third-order valence-electron chi connectivity index (χ3n) is 7.06. The van der Waals surface area contributed by atoms with E-state index >= 15 is 0 Å². The summed E-state index contributed by atoms with van der Waals surface area (Å²) in [6, 6.07) is 1.64. The molecule has 0 unspecified atom stereocenters. The number of nitrogens with zero attached hydrogens (tertiary/aromatic N) is 7. The lowest BCUT2D eigenvalue weighted by atomic mass is 9.92. The molecule has 15 heteroatoms. The van der Waals surface area contributed by atoms with E-state index in [1.807, 2.05) is 10.2 Å². The predicted octanol–water partition coefficient (Wildman–Crippen LogP) is 2.90. The molecule has 0 bridgehead atoms. The molecule has 39 heavy (non-hydrogen) atoms. The van der Waals surface area contributed by atoms with Crippen LogP contribution in [0, 0.1) is 16.7 Å². The highest BCUT2D eigenvalue weighted by Gasteiger charge is 2.44. The van der Waals surface area contributed by atoms with Crippen LogP contribution < -0.4 is 19.7 Å². The fourth-order valence-corrected chi connectivity index (χ4v) is 4.41. The van der Waals surface area contributed by atoms with Crippen molar-refractivity contribution in [3.05, 3.63) is 23.8 Å². The number of fused-ring (bicyclic) bond motifs is 1. The largest absolute Gasteiger partial charge is 0.496 e. The lowest BCUT2D eigenvalue weighted by molar-refractivity contribution is -0.149. The molecule has 1 saturated carbocycles. The lowest BCUT2D eigenvalue weighted by Crippen LogP contribution is -2.44. The summed E-state index contributed by atoms with van der Waals surface area (Å²) in [6.45, 7) is 1.81. The molecule has 1 atom stereocenters. The maximum atomic E-state index is 13.0. The second-order valence-electron chi connectivity index (χ2n) is 9.77. The number of methoxy groups -OCH3 is 1. The second-order valence-corrected chi connectivity index (χ2v) is 9.77. The Balaban J connectivity index is 1.36. The highest BCUT2D eigenvalue weighted by atomic mass is 19.4. The molecule has 2 aliphatic rings. The Bertz CT molecular complexity index is 1410. The zero-order valence-corrected chi connectivity index (χ0v) is 21.2. The van der Waals surface area contributed by atoms with Gasteiger partial charge in [0.05, 0.1) is 29.7 Å². The molecule has 1 amide bonds. The Kier molecular flexibility index (Phi) is 6.87. The lowest BCUT2D eigenvalue weighted by Gasteiger charge is -2.31. The molecule has 12 nitrogen and oxygen atoms in total. The van der Waals surface area contributed by atoms with Gasteiger partial charge in [0.15, 0.2) is 5.65 Å². The molecule has 1 aliphatic heterocycles. The highest BCUT2D eigenvalue weighted by Crippen LogP contribution is 2.45. The van der Waals surface area contributed by atoms with Crippen molar-refractivity contribution in [2.45, 2.75) is 50.7 Å². The van der Waals surface area contributed by atoms with E-state index in [9.17, 15) is 23.2 Å². The zero-order valence-electron chi connectivity index (χ0n) is 21.2. The minimum atomic E-state index is -4.63. The molecule has 2 N–H and O–H groups in total. The first kappa shape index (κ1) is 26.4. The first-order valence-corrected chi connectivity index (χ1v) is 12.4. The van der Waals surface area contributed by atoms with E-state index in [0.717, 1.165) is 18.0 Å². The summed E-state index contributed by atoms with van der Waals surface area (Å²) in [6.07, 6.45) is -0.350. The molecule has 0 aromatic carbocycles. The van der Waals surface area contributed by atoms with E-state index in [-0.39, 0.29) is 24.5 Å². The normalized spacial score (nSPS) is 17.9. The van der Waals surface area contributed by atoms with Crippen LogP contribution in [0.1, 0.15) is 54.8 Å². The van der Waals surface area contributed by atoms with Gasteiger partial charge in [-0.05, 0) is 38.7 Å². The fourth-order valence-electron chi connectivity index (χ4n) is 4.41. The number of amides is 1. The summed E-state index contributed by atoms with van der Waals surface area (Å²) in [5.41, 5.74) is 0.823.